The third kappa shape index (κ3) is 4.96. The highest BCUT2D eigenvalue weighted by molar-refractivity contribution is 5.96. The van der Waals surface area contributed by atoms with Crippen LogP contribution in [-0.4, -0.2) is 30.6 Å². The summed E-state index contributed by atoms with van der Waals surface area (Å²) in [5, 5.41) is 5.79. The van der Waals surface area contributed by atoms with Gasteiger partial charge in [0.25, 0.3) is 0 Å². The van der Waals surface area contributed by atoms with Crippen LogP contribution in [0.5, 0.6) is 0 Å². The fourth-order valence-electron chi connectivity index (χ4n) is 2.82. The predicted molar refractivity (Wildman–Crippen MR) is 110 cm³/mol. The number of carbonyl (C=O) groups is 3. The van der Waals surface area contributed by atoms with Crippen molar-refractivity contribution in [2.75, 3.05) is 11.9 Å². The lowest BCUT2D eigenvalue weighted by atomic mass is 10.1. The Morgan fingerprint density at radius 1 is 1.00 bits per heavy atom. The van der Waals surface area contributed by atoms with Gasteiger partial charge in [-0.15, -0.1) is 0 Å². The van der Waals surface area contributed by atoms with Gasteiger partial charge in [0.05, 0.1) is 12.2 Å². The van der Waals surface area contributed by atoms with Crippen LogP contribution < -0.4 is 10.6 Å². The summed E-state index contributed by atoms with van der Waals surface area (Å²) >= 11 is 0. The molecule has 0 spiro atoms. The molecule has 1 heterocycles. The maximum atomic E-state index is 12.4. The highest BCUT2D eigenvalue weighted by Gasteiger charge is 2.24. The summed E-state index contributed by atoms with van der Waals surface area (Å²) in [6, 6.07) is 14.4. The molecule has 0 aliphatic carbocycles. The van der Waals surface area contributed by atoms with E-state index in [-0.39, 0.29) is 19.0 Å². The lowest BCUT2D eigenvalue weighted by Gasteiger charge is -2.14. The van der Waals surface area contributed by atoms with E-state index in [2.05, 4.69) is 10.6 Å². The zero-order valence-corrected chi connectivity index (χ0v) is 16.6. The average molecular weight is 410 g/mol. The number of esters is 2. The lowest BCUT2D eigenvalue weighted by Crippen LogP contribution is -2.41. The summed E-state index contributed by atoms with van der Waals surface area (Å²) in [5.74, 6) is -1.29. The number of anilines is 1. The van der Waals surface area contributed by atoms with Crippen LogP contribution >= 0.6 is 0 Å². The molecule has 30 heavy (non-hydrogen) atoms. The summed E-state index contributed by atoms with van der Waals surface area (Å²) in [6.45, 7) is 3.18. The molecule has 1 aromatic heterocycles. The molecule has 1 atom stereocenters. The Labute approximate surface area is 173 Å². The molecule has 0 saturated heterocycles. The number of ether oxygens (including phenoxy) is 2. The van der Waals surface area contributed by atoms with Crippen LogP contribution in [0, 0.1) is 0 Å². The van der Waals surface area contributed by atoms with E-state index < -0.39 is 24.0 Å². The number of para-hydroxylation sites is 2. The van der Waals surface area contributed by atoms with Crippen LogP contribution in [0.3, 0.4) is 0 Å². The molecule has 0 unspecified atom stereocenters. The van der Waals surface area contributed by atoms with E-state index in [9.17, 15) is 14.4 Å². The highest BCUT2D eigenvalue weighted by atomic mass is 16.5. The molecule has 0 bridgehead atoms. The van der Waals surface area contributed by atoms with Crippen LogP contribution in [0.4, 0.5) is 10.5 Å². The number of hydrogen-bond acceptors (Lipinski definition) is 6. The number of fused-ring (bicyclic) bond motifs is 1. The van der Waals surface area contributed by atoms with E-state index in [1.165, 1.54) is 6.92 Å². The molecule has 156 valence electrons. The van der Waals surface area contributed by atoms with E-state index in [1.54, 1.807) is 55.5 Å². The van der Waals surface area contributed by atoms with Crippen molar-refractivity contribution in [3.8, 4) is 0 Å². The molecule has 0 fully saturated rings. The lowest BCUT2D eigenvalue weighted by molar-refractivity contribution is -0.146. The molecule has 8 heteroatoms. The summed E-state index contributed by atoms with van der Waals surface area (Å²) in [6.07, 6.45) is 0. The average Bonchev–Trinajstić information content (AvgIpc) is 3.11. The SMILES string of the molecule is CCOC(=O)c1oc2ccccc2c1COC(=O)[C@H](C)NC(=O)Nc1ccccc1. The second kappa shape index (κ2) is 9.60. The van der Waals surface area contributed by atoms with Crippen molar-refractivity contribution in [2.45, 2.75) is 26.5 Å². The number of urea groups is 1. The predicted octanol–water partition coefficient (Wildman–Crippen LogP) is 3.86. The molecule has 2 amide bonds. The third-order valence-electron chi connectivity index (χ3n) is 4.25. The quantitative estimate of drug-likeness (QED) is 0.573. The Morgan fingerprint density at radius 2 is 1.70 bits per heavy atom. The third-order valence-corrected chi connectivity index (χ3v) is 4.25. The first-order valence-electron chi connectivity index (χ1n) is 9.46. The second-order valence-electron chi connectivity index (χ2n) is 6.42. The van der Waals surface area contributed by atoms with Gasteiger partial charge in [-0.05, 0) is 32.0 Å². The molecular weight excluding hydrogens is 388 g/mol. The minimum absolute atomic E-state index is 0.00622. The number of hydrogen-bond donors (Lipinski definition) is 2. The molecule has 8 nitrogen and oxygen atoms in total. The maximum absolute atomic E-state index is 12.4. The first-order chi connectivity index (χ1) is 14.5. The van der Waals surface area contributed by atoms with Crippen LogP contribution in [0.25, 0.3) is 11.0 Å². The van der Waals surface area contributed by atoms with Gasteiger partial charge >= 0.3 is 18.0 Å². The first-order valence-corrected chi connectivity index (χ1v) is 9.46. The van der Waals surface area contributed by atoms with Crippen molar-refractivity contribution in [2.24, 2.45) is 0 Å². The highest BCUT2D eigenvalue weighted by Crippen LogP contribution is 2.27. The number of amides is 2. The molecule has 0 aliphatic heterocycles. The van der Waals surface area contributed by atoms with Gasteiger partial charge in [-0.3, -0.25) is 0 Å². The summed E-state index contributed by atoms with van der Waals surface area (Å²) in [7, 11) is 0. The Balaban J connectivity index is 1.65. The molecule has 3 rings (SSSR count). The van der Waals surface area contributed by atoms with Gasteiger partial charge in [-0.25, -0.2) is 14.4 Å². The fourth-order valence-corrected chi connectivity index (χ4v) is 2.82. The number of furan rings is 1. The molecule has 3 aromatic rings. The Morgan fingerprint density at radius 3 is 2.43 bits per heavy atom. The van der Waals surface area contributed by atoms with Crippen molar-refractivity contribution < 1.29 is 28.3 Å². The van der Waals surface area contributed by atoms with Gasteiger partial charge in [0, 0.05) is 11.1 Å². The molecule has 0 radical (unpaired) electrons. The zero-order valence-electron chi connectivity index (χ0n) is 16.6. The Bertz CT molecular complexity index is 1040. The van der Waals surface area contributed by atoms with Gasteiger partial charge in [0.15, 0.2) is 0 Å². The molecule has 2 N–H and O–H groups in total. The van der Waals surface area contributed by atoms with Gasteiger partial charge < -0.3 is 24.5 Å². The molecule has 0 aliphatic rings. The normalized spacial score (nSPS) is 11.5. The molecule has 0 saturated carbocycles. The fraction of sp³-hybridized carbons (Fsp3) is 0.227. The van der Waals surface area contributed by atoms with Crippen LogP contribution in [0.1, 0.15) is 30.0 Å². The maximum Gasteiger partial charge on any atom is 0.374 e. The number of nitrogens with one attached hydrogen (secondary N) is 2. The number of rotatable bonds is 7. The minimum atomic E-state index is -0.905. The van der Waals surface area contributed by atoms with Crippen molar-refractivity contribution in [1.29, 1.82) is 0 Å². The van der Waals surface area contributed by atoms with Gasteiger partial charge in [-0.1, -0.05) is 36.4 Å². The standard InChI is InChI=1S/C22H22N2O6/c1-3-28-21(26)19-17(16-11-7-8-12-18(16)30-19)13-29-20(25)14(2)23-22(27)24-15-9-5-4-6-10-15/h4-12,14H,3,13H2,1-2H3,(H2,23,24,27)/t14-/m0/s1. The summed E-state index contributed by atoms with van der Waals surface area (Å²) in [5.41, 5.74) is 1.50. The van der Waals surface area contributed by atoms with Crippen molar-refractivity contribution in [1.82, 2.24) is 5.32 Å². The topological polar surface area (TPSA) is 107 Å². The van der Waals surface area contributed by atoms with Crippen molar-refractivity contribution in [3.05, 3.63) is 65.9 Å². The molecule has 2 aromatic carbocycles. The zero-order chi connectivity index (χ0) is 21.5. The molecular formula is C22H22N2O6. The monoisotopic (exact) mass is 410 g/mol. The van der Waals surface area contributed by atoms with E-state index in [0.717, 1.165) is 0 Å². The van der Waals surface area contributed by atoms with Crippen LogP contribution in [-0.2, 0) is 20.9 Å². The van der Waals surface area contributed by atoms with Crippen molar-refractivity contribution >= 4 is 34.6 Å². The van der Waals surface area contributed by atoms with Crippen molar-refractivity contribution in [3.63, 3.8) is 0 Å². The van der Waals surface area contributed by atoms with E-state index in [4.69, 9.17) is 13.9 Å². The Hall–Kier alpha value is -3.81. The van der Waals surface area contributed by atoms with E-state index >= 15 is 0 Å². The number of benzene rings is 2. The largest absolute Gasteiger partial charge is 0.460 e. The second-order valence-corrected chi connectivity index (χ2v) is 6.42. The van der Waals surface area contributed by atoms with Gasteiger partial charge in [0.1, 0.15) is 18.2 Å². The van der Waals surface area contributed by atoms with E-state index in [0.29, 0.717) is 22.2 Å². The van der Waals surface area contributed by atoms with Crippen LogP contribution in [0.2, 0.25) is 0 Å². The van der Waals surface area contributed by atoms with Gasteiger partial charge in [-0.2, -0.15) is 0 Å². The van der Waals surface area contributed by atoms with E-state index in [1.807, 2.05) is 6.07 Å². The summed E-state index contributed by atoms with van der Waals surface area (Å²) in [4.78, 5) is 36.6. The van der Waals surface area contributed by atoms with Gasteiger partial charge in [0.2, 0.25) is 5.76 Å². The van der Waals surface area contributed by atoms with Crippen LogP contribution in [0.15, 0.2) is 59.0 Å². The number of carbonyl (C=O) groups excluding carboxylic acids is 3. The smallest absolute Gasteiger partial charge is 0.374 e. The minimum Gasteiger partial charge on any atom is -0.460 e. The Kier molecular flexibility index (Phi) is 6.69. The first kappa shape index (κ1) is 20.9. The summed E-state index contributed by atoms with van der Waals surface area (Å²) < 4.78 is 15.9.